The first-order chi connectivity index (χ1) is 16.6. The Kier molecular flexibility index (Phi) is 7.07. The van der Waals surface area contributed by atoms with Crippen LogP contribution in [0.3, 0.4) is 0 Å². The van der Waals surface area contributed by atoms with E-state index in [9.17, 15) is 27.5 Å². The van der Waals surface area contributed by atoms with Crippen LogP contribution in [0.25, 0.3) is 0 Å². The van der Waals surface area contributed by atoms with Crippen molar-refractivity contribution in [3.8, 4) is 0 Å². The minimum Gasteiger partial charge on any atom is -0.461 e. The number of carbonyl (C=O) groups is 1. The van der Waals surface area contributed by atoms with Crippen molar-refractivity contribution in [1.29, 1.82) is 0 Å². The second kappa shape index (κ2) is 9.89. The predicted molar refractivity (Wildman–Crippen MR) is 121 cm³/mol. The van der Waals surface area contributed by atoms with E-state index >= 15 is 0 Å². The van der Waals surface area contributed by atoms with Gasteiger partial charge < -0.3 is 19.6 Å². The summed E-state index contributed by atoms with van der Waals surface area (Å²) in [4.78, 5) is 16.7. The van der Waals surface area contributed by atoms with Gasteiger partial charge in [0.2, 0.25) is 5.92 Å². The van der Waals surface area contributed by atoms with Crippen LogP contribution in [-0.4, -0.2) is 46.1 Å². The van der Waals surface area contributed by atoms with Crippen LogP contribution in [0.4, 0.5) is 17.6 Å². The van der Waals surface area contributed by atoms with Gasteiger partial charge in [-0.2, -0.15) is 0 Å². The van der Waals surface area contributed by atoms with Crippen LogP contribution >= 0.6 is 0 Å². The molecule has 2 aliphatic rings. The first-order valence-corrected chi connectivity index (χ1v) is 11.6. The lowest BCUT2D eigenvalue weighted by molar-refractivity contribution is -0.175. The molecule has 1 N–H and O–H groups in total. The summed E-state index contributed by atoms with van der Waals surface area (Å²) in [5.74, 6) is -5.88. The van der Waals surface area contributed by atoms with Crippen molar-refractivity contribution in [2.45, 2.75) is 50.4 Å². The highest BCUT2D eigenvalue weighted by molar-refractivity contribution is 5.81. The predicted octanol–water partition coefficient (Wildman–Crippen LogP) is 4.77. The van der Waals surface area contributed by atoms with Crippen molar-refractivity contribution >= 4 is 5.97 Å². The SMILES string of the molecule is CC1N(CCOC(=O)[C@](O)(c2ccccc2)[C@@H]2CCC(F)(F)C2)C=CN1Cc1cc(F)ccc1F. The zero-order valence-corrected chi connectivity index (χ0v) is 19.3. The highest BCUT2D eigenvalue weighted by atomic mass is 19.3. The standard InChI is InChI=1S/C26H28F4N2O3/c1-18-31(11-12-32(18)17-19-15-22(27)7-8-23(19)28)13-14-35-24(33)26(34,20-5-3-2-4-6-20)21-9-10-25(29,30)16-21/h2-8,11-12,15,18,21,34H,9-10,13-14,16-17H2,1H3/t18?,21-,26+/m1/s1. The summed E-state index contributed by atoms with van der Waals surface area (Å²) in [6.07, 6.45) is 2.28. The quantitative estimate of drug-likeness (QED) is 0.425. The van der Waals surface area contributed by atoms with E-state index in [0.717, 1.165) is 18.2 Å². The molecule has 0 bridgehead atoms. The molecule has 1 heterocycles. The van der Waals surface area contributed by atoms with Crippen molar-refractivity contribution < 1.29 is 32.2 Å². The van der Waals surface area contributed by atoms with Crippen molar-refractivity contribution in [3.05, 3.63) is 83.7 Å². The summed E-state index contributed by atoms with van der Waals surface area (Å²) in [5.41, 5.74) is -1.73. The van der Waals surface area contributed by atoms with E-state index in [1.165, 1.54) is 12.1 Å². The van der Waals surface area contributed by atoms with E-state index < -0.39 is 47.9 Å². The van der Waals surface area contributed by atoms with Gasteiger partial charge in [0.1, 0.15) is 18.2 Å². The molecule has 1 aliphatic heterocycles. The van der Waals surface area contributed by atoms with Gasteiger partial charge in [-0.3, -0.25) is 0 Å². The van der Waals surface area contributed by atoms with Gasteiger partial charge in [-0.25, -0.2) is 22.4 Å². The Morgan fingerprint density at radius 1 is 1.14 bits per heavy atom. The van der Waals surface area contributed by atoms with Crippen LogP contribution in [0.5, 0.6) is 0 Å². The summed E-state index contributed by atoms with van der Waals surface area (Å²) < 4.78 is 60.7. The minimum atomic E-state index is -2.94. The fourth-order valence-corrected chi connectivity index (χ4v) is 4.79. The number of aliphatic hydroxyl groups is 1. The maximum atomic E-state index is 14.0. The average molecular weight is 493 g/mol. The molecule has 2 aromatic carbocycles. The lowest BCUT2D eigenvalue weighted by Gasteiger charge is -2.33. The van der Waals surface area contributed by atoms with Gasteiger partial charge in [0.25, 0.3) is 0 Å². The zero-order chi connectivity index (χ0) is 25.2. The van der Waals surface area contributed by atoms with Crippen LogP contribution in [0.15, 0.2) is 60.9 Å². The van der Waals surface area contributed by atoms with Crippen LogP contribution < -0.4 is 0 Å². The molecule has 0 spiro atoms. The molecule has 0 saturated heterocycles. The Bertz CT molecular complexity index is 1080. The highest BCUT2D eigenvalue weighted by Crippen LogP contribution is 2.47. The molecular weight excluding hydrogens is 464 g/mol. The molecule has 0 radical (unpaired) electrons. The second-order valence-electron chi connectivity index (χ2n) is 9.14. The molecule has 4 rings (SSSR count). The first kappa shape index (κ1) is 25.0. The van der Waals surface area contributed by atoms with Crippen molar-refractivity contribution in [3.63, 3.8) is 0 Å². The zero-order valence-electron chi connectivity index (χ0n) is 19.3. The summed E-state index contributed by atoms with van der Waals surface area (Å²) in [6.45, 7) is 2.19. The molecule has 1 aliphatic carbocycles. The topological polar surface area (TPSA) is 53.0 Å². The Morgan fingerprint density at radius 2 is 1.86 bits per heavy atom. The van der Waals surface area contributed by atoms with Gasteiger partial charge in [-0.1, -0.05) is 30.3 Å². The molecule has 3 atom stereocenters. The van der Waals surface area contributed by atoms with Gasteiger partial charge >= 0.3 is 5.97 Å². The molecule has 0 amide bonds. The average Bonchev–Trinajstić information content (AvgIpc) is 3.38. The maximum Gasteiger partial charge on any atom is 0.343 e. The van der Waals surface area contributed by atoms with Gasteiger partial charge in [-0.15, -0.1) is 0 Å². The summed E-state index contributed by atoms with van der Waals surface area (Å²) in [7, 11) is 0. The Morgan fingerprint density at radius 3 is 2.54 bits per heavy atom. The third-order valence-electron chi connectivity index (χ3n) is 6.87. The third-order valence-corrected chi connectivity index (χ3v) is 6.87. The van der Waals surface area contributed by atoms with Crippen LogP contribution in [0.1, 0.15) is 37.3 Å². The molecular formula is C26H28F4N2O3. The molecule has 1 saturated carbocycles. The van der Waals surface area contributed by atoms with Gasteiger partial charge in [0.15, 0.2) is 5.60 Å². The number of nitrogens with zero attached hydrogens (tertiary/aromatic N) is 2. The highest BCUT2D eigenvalue weighted by Gasteiger charge is 2.54. The monoisotopic (exact) mass is 492 g/mol. The number of benzene rings is 2. The number of rotatable bonds is 8. The van der Waals surface area contributed by atoms with Gasteiger partial charge in [0.05, 0.1) is 12.7 Å². The minimum absolute atomic E-state index is 0.00495. The third kappa shape index (κ3) is 5.29. The van der Waals surface area contributed by atoms with E-state index in [1.54, 1.807) is 35.5 Å². The van der Waals surface area contributed by atoms with E-state index in [1.807, 2.05) is 11.8 Å². The number of halogens is 4. The number of ether oxygens (including phenoxy) is 1. The van der Waals surface area contributed by atoms with Crippen LogP contribution in [0.2, 0.25) is 0 Å². The van der Waals surface area contributed by atoms with E-state index in [4.69, 9.17) is 4.74 Å². The summed E-state index contributed by atoms with van der Waals surface area (Å²) in [5, 5.41) is 11.4. The Hall–Kier alpha value is -3.07. The maximum absolute atomic E-state index is 14.0. The fraction of sp³-hybridized carbons (Fsp3) is 0.423. The molecule has 5 nitrogen and oxygen atoms in total. The molecule has 1 unspecified atom stereocenters. The van der Waals surface area contributed by atoms with Crippen molar-refractivity contribution in [1.82, 2.24) is 9.80 Å². The largest absolute Gasteiger partial charge is 0.461 e. The smallest absolute Gasteiger partial charge is 0.343 e. The molecule has 0 aromatic heterocycles. The number of carbonyl (C=O) groups excluding carboxylic acids is 1. The van der Waals surface area contributed by atoms with Crippen molar-refractivity contribution in [2.75, 3.05) is 13.2 Å². The molecule has 188 valence electrons. The van der Waals surface area contributed by atoms with Crippen molar-refractivity contribution in [2.24, 2.45) is 5.92 Å². The van der Waals surface area contributed by atoms with E-state index in [2.05, 4.69) is 0 Å². The number of alkyl halides is 2. The molecule has 1 fully saturated rings. The van der Waals surface area contributed by atoms with Gasteiger partial charge in [-0.05, 0) is 37.1 Å². The second-order valence-corrected chi connectivity index (χ2v) is 9.14. The normalized spacial score (nSPS) is 22.9. The first-order valence-electron chi connectivity index (χ1n) is 11.6. The molecule has 35 heavy (non-hydrogen) atoms. The van der Waals surface area contributed by atoms with Crippen LogP contribution in [0, 0.1) is 17.6 Å². The summed E-state index contributed by atoms with van der Waals surface area (Å²) >= 11 is 0. The van der Waals surface area contributed by atoms with E-state index in [0.29, 0.717) is 0 Å². The Labute approximate surface area is 201 Å². The fourth-order valence-electron chi connectivity index (χ4n) is 4.79. The van der Waals surface area contributed by atoms with Gasteiger partial charge in [0, 0.05) is 43.3 Å². The Balaban J connectivity index is 1.37. The lowest BCUT2D eigenvalue weighted by Crippen LogP contribution is -2.45. The molecule has 9 heteroatoms. The lowest BCUT2D eigenvalue weighted by atomic mass is 9.80. The number of hydrogen-bond donors (Lipinski definition) is 1. The van der Waals surface area contributed by atoms with Crippen LogP contribution in [-0.2, 0) is 21.7 Å². The number of esters is 1. The number of hydrogen-bond acceptors (Lipinski definition) is 5. The molecule has 2 aromatic rings. The van der Waals surface area contributed by atoms with E-state index in [-0.39, 0.29) is 43.4 Å². The summed E-state index contributed by atoms with van der Waals surface area (Å²) in [6, 6.07) is 11.3.